The number of aromatic nitrogens is 2. The van der Waals surface area contributed by atoms with Crippen LogP contribution in [0.15, 0.2) is 24.5 Å². The van der Waals surface area contributed by atoms with E-state index in [0.29, 0.717) is 0 Å². The summed E-state index contributed by atoms with van der Waals surface area (Å²) in [6.45, 7) is 3.91. The van der Waals surface area contributed by atoms with Gasteiger partial charge in [0.2, 0.25) is 0 Å². The van der Waals surface area contributed by atoms with Gasteiger partial charge in [-0.15, -0.1) is 0 Å². The van der Waals surface area contributed by atoms with Gasteiger partial charge in [0.25, 0.3) is 0 Å². The van der Waals surface area contributed by atoms with Gasteiger partial charge in [-0.05, 0) is 25.5 Å². The molecule has 1 unspecified atom stereocenters. The Balaban J connectivity index is 2.68. The Kier molecular flexibility index (Phi) is 1.97. The van der Waals surface area contributed by atoms with Gasteiger partial charge in [-0.2, -0.15) is 5.26 Å². The molecule has 2 rings (SSSR count). The molecule has 2 aromatic rings. The van der Waals surface area contributed by atoms with Gasteiger partial charge in [-0.25, -0.2) is 4.98 Å². The maximum Gasteiger partial charge on any atom is 0.136 e. The van der Waals surface area contributed by atoms with Gasteiger partial charge in [0.05, 0.1) is 23.9 Å². The lowest BCUT2D eigenvalue weighted by Gasteiger charge is -2.03. The Hall–Kier alpha value is -1.82. The molecule has 0 N–H and O–H groups in total. The number of nitriles is 1. The van der Waals surface area contributed by atoms with Crippen molar-refractivity contribution >= 4 is 5.65 Å². The molecule has 3 nitrogen and oxygen atoms in total. The zero-order valence-electron chi connectivity index (χ0n) is 8.23. The smallest absolute Gasteiger partial charge is 0.136 e. The molecule has 3 heteroatoms. The van der Waals surface area contributed by atoms with Gasteiger partial charge in [0.15, 0.2) is 0 Å². The van der Waals surface area contributed by atoms with E-state index in [0.717, 1.165) is 11.3 Å². The summed E-state index contributed by atoms with van der Waals surface area (Å²) in [5.41, 5.74) is 3.01. The van der Waals surface area contributed by atoms with E-state index in [1.807, 2.05) is 36.6 Å². The summed E-state index contributed by atoms with van der Waals surface area (Å²) in [7, 11) is 0. The first-order valence-electron chi connectivity index (χ1n) is 4.55. The monoisotopic (exact) mass is 185 g/mol. The summed E-state index contributed by atoms with van der Waals surface area (Å²) in [6.07, 6.45) is 3.77. The Morgan fingerprint density at radius 1 is 1.50 bits per heavy atom. The van der Waals surface area contributed by atoms with E-state index in [9.17, 15) is 0 Å². The first-order valence-corrected chi connectivity index (χ1v) is 4.55. The number of aryl methyl sites for hydroxylation is 1. The molecule has 0 fully saturated rings. The van der Waals surface area contributed by atoms with Crippen LogP contribution in [0, 0.1) is 18.3 Å². The van der Waals surface area contributed by atoms with Crippen LogP contribution in [0.2, 0.25) is 0 Å². The van der Waals surface area contributed by atoms with Gasteiger partial charge in [-0.3, -0.25) is 0 Å². The van der Waals surface area contributed by atoms with Crippen molar-refractivity contribution in [3.05, 3.63) is 35.8 Å². The zero-order chi connectivity index (χ0) is 10.1. The van der Waals surface area contributed by atoms with Crippen molar-refractivity contribution < 1.29 is 0 Å². The molecule has 0 aliphatic heterocycles. The van der Waals surface area contributed by atoms with E-state index in [-0.39, 0.29) is 5.92 Å². The SMILES string of the molecule is Cc1ccc2ncc(C(C)C#N)n2c1. The maximum absolute atomic E-state index is 8.84. The van der Waals surface area contributed by atoms with E-state index in [4.69, 9.17) is 5.26 Å². The number of nitrogens with zero attached hydrogens (tertiary/aromatic N) is 3. The third kappa shape index (κ3) is 1.25. The van der Waals surface area contributed by atoms with Crippen LogP contribution in [0.25, 0.3) is 5.65 Å². The zero-order valence-corrected chi connectivity index (χ0v) is 8.23. The summed E-state index contributed by atoms with van der Waals surface area (Å²) in [5.74, 6) is -0.119. The maximum atomic E-state index is 8.84. The van der Waals surface area contributed by atoms with Gasteiger partial charge in [-0.1, -0.05) is 6.07 Å². The fourth-order valence-corrected chi connectivity index (χ4v) is 1.49. The first kappa shape index (κ1) is 8.76. The van der Waals surface area contributed by atoms with E-state index < -0.39 is 0 Å². The highest BCUT2D eigenvalue weighted by Gasteiger charge is 2.09. The molecular weight excluding hydrogens is 174 g/mol. The minimum Gasteiger partial charge on any atom is -0.302 e. The average molecular weight is 185 g/mol. The molecule has 0 aromatic carbocycles. The normalized spacial score (nSPS) is 12.6. The van der Waals surface area contributed by atoms with Crippen LogP contribution in [0.3, 0.4) is 0 Å². The second kappa shape index (κ2) is 3.15. The van der Waals surface area contributed by atoms with Gasteiger partial charge >= 0.3 is 0 Å². The number of hydrogen-bond donors (Lipinski definition) is 0. The summed E-state index contributed by atoms with van der Waals surface area (Å²) in [4.78, 5) is 4.24. The molecule has 2 aromatic heterocycles. The summed E-state index contributed by atoms with van der Waals surface area (Å²) in [6, 6.07) is 6.20. The molecule has 0 bridgehead atoms. The van der Waals surface area contributed by atoms with Crippen LogP contribution in [-0.2, 0) is 0 Å². The minimum absolute atomic E-state index is 0.119. The molecular formula is C11H11N3. The van der Waals surface area contributed by atoms with Crippen LogP contribution in [0.5, 0.6) is 0 Å². The third-order valence-electron chi connectivity index (χ3n) is 2.32. The van der Waals surface area contributed by atoms with Gasteiger partial charge < -0.3 is 4.40 Å². The average Bonchev–Trinajstić information content (AvgIpc) is 2.59. The van der Waals surface area contributed by atoms with Crippen molar-refractivity contribution in [3.63, 3.8) is 0 Å². The van der Waals surface area contributed by atoms with Crippen molar-refractivity contribution in [2.75, 3.05) is 0 Å². The lowest BCUT2D eigenvalue weighted by atomic mass is 10.1. The number of imidazole rings is 1. The minimum atomic E-state index is -0.119. The van der Waals surface area contributed by atoms with Crippen molar-refractivity contribution in [1.29, 1.82) is 5.26 Å². The second-order valence-electron chi connectivity index (χ2n) is 3.47. The Bertz CT molecular complexity index is 505. The lowest BCUT2D eigenvalue weighted by molar-refractivity contribution is 0.895. The molecule has 14 heavy (non-hydrogen) atoms. The van der Waals surface area contributed by atoms with Gasteiger partial charge in [0, 0.05) is 6.20 Å². The predicted molar refractivity (Wildman–Crippen MR) is 54.0 cm³/mol. The van der Waals surface area contributed by atoms with Crippen molar-refractivity contribution in [3.8, 4) is 6.07 Å². The van der Waals surface area contributed by atoms with Crippen LogP contribution >= 0.6 is 0 Å². The molecule has 0 saturated heterocycles. The number of hydrogen-bond acceptors (Lipinski definition) is 2. The van der Waals surface area contributed by atoms with Crippen LogP contribution < -0.4 is 0 Å². The van der Waals surface area contributed by atoms with Crippen LogP contribution in [-0.4, -0.2) is 9.38 Å². The predicted octanol–water partition coefficient (Wildman–Crippen LogP) is 2.27. The molecule has 1 atom stereocenters. The molecule has 0 aliphatic rings. The Morgan fingerprint density at radius 3 is 3.00 bits per heavy atom. The van der Waals surface area contributed by atoms with E-state index in [1.54, 1.807) is 6.20 Å². The Morgan fingerprint density at radius 2 is 2.29 bits per heavy atom. The standard InChI is InChI=1S/C11H11N3/c1-8-3-4-11-13-6-10(9(2)5-12)14(11)7-8/h3-4,6-7,9H,1-2H3. The highest BCUT2D eigenvalue weighted by atomic mass is 15.0. The lowest BCUT2D eigenvalue weighted by Crippen LogP contribution is -1.96. The quantitative estimate of drug-likeness (QED) is 0.683. The summed E-state index contributed by atoms with van der Waals surface area (Å²) >= 11 is 0. The molecule has 0 saturated carbocycles. The molecule has 0 aliphatic carbocycles. The first-order chi connectivity index (χ1) is 6.72. The Labute approximate surface area is 82.6 Å². The van der Waals surface area contributed by atoms with Crippen molar-refractivity contribution in [2.24, 2.45) is 0 Å². The van der Waals surface area contributed by atoms with Crippen molar-refractivity contribution in [2.45, 2.75) is 19.8 Å². The number of pyridine rings is 1. The highest BCUT2D eigenvalue weighted by Crippen LogP contribution is 2.16. The fraction of sp³-hybridized carbons (Fsp3) is 0.273. The summed E-state index contributed by atoms with van der Waals surface area (Å²) in [5, 5.41) is 8.84. The van der Waals surface area contributed by atoms with E-state index in [1.165, 1.54) is 5.56 Å². The topological polar surface area (TPSA) is 41.1 Å². The molecule has 0 amide bonds. The molecule has 2 heterocycles. The van der Waals surface area contributed by atoms with E-state index in [2.05, 4.69) is 11.1 Å². The van der Waals surface area contributed by atoms with Crippen LogP contribution in [0.4, 0.5) is 0 Å². The van der Waals surface area contributed by atoms with Gasteiger partial charge in [0.1, 0.15) is 5.65 Å². The van der Waals surface area contributed by atoms with Crippen LogP contribution in [0.1, 0.15) is 24.1 Å². The molecule has 0 radical (unpaired) electrons. The molecule has 0 spiro atoms. The van der Waals surface area contributed by atoms with Crippen molar-refractivity contribution in [1.82, 2.24) is 9.38 Å². The largest absolute Gasteiger partial charge is 0.302 e. The fourth-order valence-electron chi connectivity index (χ4n) is 1.49. The van der Waals surface area contributed by atoms with E-state index >= 15 is 0 Å². The molecule has 70 valence electrons. The second-order valence-corrected chi connectivity index (χ2v) is 3.47. The third-order valence-corrected chi connectivity index (χ3v) is 2.32. The number of fused-ring (bicyclic) bond motifs is 1. The highest BCUT2D eigenvalue weighted by molar-refractivity contribution is 5.43. The number of rotatable bonds is 1. The summed E-state index contributed by atoms with van der Waals surface area (Å²) < 4.78 is 1.98.